The minimum atomic E-state index is -4.95. The van der Waals surface area contributed by atoms with Crippen molar-refractivity contribution in [3.63, 3.8) is 0 Å². The third-order valence-electron chi connectivity index (χ3n) is 7.59. The summed E-state index contributed by atoms with van der Waals surface area (Å²) in [5, 5.41) is 19.9. The van der Waals surface area contributed by atoms with Gasteiger partial charge in [-0.05, 0) is 72.8 Å². The van der Waals surface area contributed by atoms with Crippen molar-refractivity contribution in [2.75, 3.05) is 5.32 Å². The summed E-state index contributed by atoms with van der Waals surface area (Å²) in [5.74, 6) is 0. The maximum Gasteiger partial charge on any atom is 0.296 e. The Morgan fingerprint density at radius 3 is 1.55 bits per heavy atom. The number of fused-ring (bicyclic) bond motifs is 2. The first-order valence-electron chi connectivity index (χ1n) is 14.6. The lowest BCUT2D eigenvalue weighted by atomic mass is 10.1. The molecule has 0 bridgehead atoms. The van der Waals surface area contributed by atoms with Gasteiger partial charge < -0.3 is 5.32 Å². The van der Waals surface area contributed by atoms with Crippen molar-refractivity contribution in [1.29, 1.82) is 0 Å². The molecule has 53 heavy (non-hydrogen) atoms. The zero-order valence-electron chi connectivity index (χ0n) is 26.4. The van der Waals surface area contributed by atoms with E-state index in [1.165, 1.54) is 42.5 Å². The molecule has 0 saturated carbocycles. The summed E-state index contributed by atoms with van der Waals surface area (Å²) >= 11 is 0. The number of nitrogens with zero attached hydrogens (tertiary/aromatic N) is 4. The van der Waals surface area contributed by atoms with Crippen LogP contribution in [0.1, 0.15) is 0 Å². The van der Waals surface area contributed by atoms with Gasteiger partial charge in [0.05, 0.1) is 26.9 Å². The van der Waals surface area contributed by atoms with Crippen LogP contribution >= 0.6 is 0 Å². The second-order valence-corrected chi connectivity index (χ2v) is 16.7. The fourth-order valence-electron chi connectivity index (χ4n) is 5.24. The highest BCUT2D eigenvalue weighted by atomic mass is 32.2. The monoisotopic (exact) mass is 797 g/mol. The number of anilines is 2. The third kappa shape index (κ3) is 8.11. The van der Waals surface area contributed by atoms with Crippen LogP contribution in [-0.2, 0) is 40.5 Å². The van der Waals surface area contributed by atoms with Gasteiger partial charge in [-0.2, -0.15) is 33.7 Å². The van der Waals surface area contributed by atoms with Gasteiger partial charge in [-0.3, -0.25) is 18.2 Å². The minimum Gasteiger partial charge on any atom is -0.355 e. The normalized spacial score (nSPS) is 13.0. The molecule has 0 saturated heterocycles. The van der Waals surface area contributed by atoms with Crippen LogP contribution in [0.3, 0.4) is 0 Å². The average molecular weight is 798 g/mol. The van der Waals surface area contributed by atoms with E-state index in [0.717, 1.165) is 18.2 Å². The molecule has 0 heterocycles. The molecular formula is C32H23N5O12S4. The molecule has 6 rings (SSSR count). The number of para-hydroxylation sites is 1. The van der Waals surface area contributed by atoms with Crippen LogP contribution in [-0.4, -0.2) is 51.9 Å². The van der Waals surface area contributed by atoms with Gasteiger partial charge >= 0.3 is 0 Å². The minimum absolute atomic E-state index is 0.00187. The largest absolute Gasteiger partial charge is 0.355 e. The fourth-order valence-corrected chi connectivity index (χ4v) is 7.58. The molecule has 0 radical (unpaired) electrons. The van der Waals surface area contributed by atoms with Crippen molar-refractivity contribution in [1.82, 2.24) is 0 Å². The van der Waals surface area contributed by atoms with Crippen LogP contribution in [0.2, 0.25) is 0 Å². The fraction of sp³-hybridized carbons (Fsp3) is 0. The zero-order valence-corrected chi connectivity index (χ0v) is 29.6. The first kappa shape index (κ1) is 37.2. The average Bonchev–Trinajstić information content (AvgIpc) is 3.08. The van der Waals surface area contributed by atoms with Crippen LogP contribution in [0.15, 0.2) is 149 Å². The van der Waals surface area contributed by atoms with E-state index in [0.29, 0.717) is 23.5 Å². The molecule has 0 spiro atoms. The van der Waals surface area contributed by atoms with Crippen molar-refractivity contribution in [2.24, 2.45) is 20.5 Å². The first-order chi connectivity index (χ1) is 24.8. The van der Waals surface area contributed by atoms with Crippen molar-refractivity contribution in [2.45, 2.75) is 19.6 Å². The Hall–Kier alpha value is -5.52. The number of nitrogens with one attached hydrogen (secondary N) is 1. The molecule has 0 atom stereocenters. The highest BCUT2D eigenvalue weighted by Crippen LogP contribution is 2.41. The summed E-state index contributed by atoms with van der Waals surface area (Å²) in [6.45, 7) is 0. The van der Waals surface area contributed by atoms with E-state index < -0.39 is 65.7 Å². The lowest BCUT2D eigenvalue weighted by molar-refractivity contribution is 0.478. The smallest absolute Gasteiger partial charge is 0.296 e. The number of azo groups is 2. The lowest BCUT2D eigenvalue weighted by Crippen LogP contribution is -2.02. The van der Waals surface area contributed by atoms with Crippen LogP contribution in [0.25, 0.3) is 21.5 Å². The maximum atomic E-state index is 12.4. The Morgan fingerprint density at radius 1 is 0.415 bits per heavy atom. The lowest BCUT2D eigenvalue weighted by Gasteiger charge is -2.14. The molecule has 0 unspecified atom stereocenters. The van der Waals surface area contributed by atoms with Crippen LogP contribution < -0.4 is 5.32 Å². The van der Waals surface area contributed by atoms with E-state index in [1.807, 2.05) is 0 Å². The highest BCUT2D eigenvalue weighted by molar-refractivity contribution is 7.86. The van der Waals surface area contributed by atoms with Gasteiger partial charge in [0, 0.05) is 32.9 Å². The van der Waals surface area contributed by atoms with Crippen molar-refractivity contribution in [3.8, 4) is 0 Å². The second-order valence-electron chi connectivity index (χ2n) is 11.0. The van der Waals surface area contributed by atoms with Gasteiger partial charge in [-0.1, -0.05) is 36.4 Å². The van der Waals surface area contributed by atoms with E-state index in [1.54, 1.807) is 36.4 Å². The number of hydrogen-bond donors (Lipinski definition) is 5. The molecule has 0 aliphatic rings. The Balaban J connectivity index is 1.50. The topological polar surface area (TPSA) is 279 Å². The predicted octanol–water partition coefficient (Wildman–Crippen LogP) is 7.55. The number of rotatable bonds is 10. The Morgan fingerprint density at radius 2 is 0.943 bits per heavy atom. The van der Waals surface area contributed by atoms with Gasteiger partial charge in [-0.25, -0.2) is 0 Å². The van der Waals surface area contributed by atoms with Gasteiger partial charge in [0.25, 0.3) is 40.5 Å². The second kappa shape index (κ2) is 13.8. The molecule has 6 aromatic carbocycles. The van der Waals surface area contributed by atoms with E-state index in [9.17, 15) is 51.9 Å². The van der Waals surface area contributed by atoms with E-state index in [4.69, 9.17) is 0 Å². The van der Waals surface area contributed by atoms with Crippen molar-refractivity contribution in [3.05, 3.63) is 109 Å². The van der Waals surface area contributed by atoms with Gasteiger partial charge in [-0.15, -0.1) is 20.5 Å². The molecule has 21 heteroatoms. The number of hydrogen-bond acceptors (Lipinski definition) is 13. The van der Waals surface area contributed by atoms with Gasteiger partial charge in [0.2, 0.25) is 0 Å². The summed E-state index contributed by atoms with van der Waals surface area (Å²) in [7, 11) is -19.3. The van der Waals surface area contributed by atoms with Crippen LogP contribution in [0, 0.1) is 0 Å². The number of benzene rings is 6. The summed E-state index contributed by atoms with van der Waals surface area (Å²) in [6.07, 6.45) is 0. The van der Waals surface area contributed by atoms with Gasteiger partial charge in [0.15, 0.2) is 0 Å². The Kier molecular flexibility index (Phi) is 9.69. The molecular weight excluding hydrogens is 775 g/mol. The summed E-state index contributed by atoms with van der Waals surface area (Å²) in [5.41, 5.74) is 0.336. The molecule has 6 aromatic rings. The molecule has 5 N–H and O–H groups in total. The van der Waals surface area contributed by atoms with Gasteiger partial charge in [0.1, 0.15) is 15.5 Å². The summed E-state index contributed by atoms with van der Waals surface area (Å²) in [6, 6.07) is 24.0. The van der Waals surface area contributed by atoms with Crippen LogP contribution in [0.4, 0.5) is 34.1 Å². The summed E-state index contributed by atoms with van der Waals surface area (Å²) < 4.78 is 135. The van der Waals surface area contributed by atoms with E-state index >= 15 is 0 Å². The molecule has 272 valence electrons. The summed E-state index contributed by atoms with van der Waals surface area (Å²) in [4.78, 5) is -2.56. The quantitative estimate of drug-likeness (QED) is 0.0662. The standard InChI is InChI=1S/C32H23N5O12S4/c38-50(39,40)20-9-11-22-24(17-20)27(13-12-25(22)34-37-29-18-21(51(41,42)43)10-16-30(29)52(44,45)46)36-35-26-14-15-28(33-19-5-2-1-3-6-19)32-23(26)7-4-8-31(32)53(47,48)49/h1-18,33H,(H,38,39,40)(H,41,42,43)(H,44,45,46)(H,47,48,49)/b36-35+,37-34+. The van der Waals surface area contributed by atoms with Crippen molar-refractivity contribution >= 4 is 96.1 Å². The van der Waals surface area contributed by atoms with E-state index in [-0.39, 0.29) is 38.6 Å². The highest BCUT2D eigenvalue weighted by Gasteiger charge is 2.21. The first-order valence-corrected chi connectivity index (χ1v) is 20.4. The Labute approximate surface area is 301 Å². The Bertz CT molecular complexity index is 2980. The van der Waals surface area contributed by atoms with E-state index in [2.05, 4.69) is 25.8 Å². The van der Waals surface area contributed by atoms with Crippen LogP contribution in [0.5, 0.6) is 0 Å². The molecule has 0 amide bonds. The SMILES string of the molecule is O=S(=O)(O)c1ccc(S(=O)(=O)O)c(/N=N/c2ccc(/N=N/c3ccc(Nc4ccccc4)c4c(S(=O)(=O)O)cccc34)c3cc(S(=O)(=O)O)ccc23)c1. The molecule has 0 aliphatic carbocycles. The molecule has 0 aliphatic heterocycles. The predicted molar refractivity (Wildman–Crippen MR) is 192 cm³/mol. The maximum absolute atomic E-state index is 12.4. The molecule has 0 fully saturated rings. The zero-order chi connectivity index (χ0) is 38.3. The third-order valence-corrected chi connectivity index (χ3v) is 11.1. The molecule has 17 nitrogen and oxygen atoms in total. The van der Waals surface area contributed by atoms with Crippen molar-refractivity contribution < 1.29 is 51.9 Å². The molecule has 0 aromatic heterocycles.